The van der Waals surface area contributed by atoms with Gasteiger partial charge >= 0.3 is 0 Å². The molecule has 2 rings (SSSR count). The quantitative estimate of drug-likeness (QED) is 0.238. The van der Waals surface area contributed by atoms with Gasteiger partial charge in [-0.3, -0.25) is 4.99 Å². The molecule has 7 heteroatoms. The molecule has 1 heterocycles. The number of guanidine groups is 1. The maximum atomic E-state index is 13.2. The van der Waals surface area contributed by atoms with Crippen LogP contribution in [-0.2, 0) is 12.8 Å². The van der Waals surface area contributed by atoms with Crippen molar-refractivity contribution >= 4 is 41.3 Å². The van der Waals surface area contributed by atoms with E-state index in [9.17, 15) is 4.39 Å². The third-order valence-electron chi connectivity index (χ3n) is 3.67. The van der Waals surface area contributed by atoms with Crippen LogP contribution in [0.5, 0.6) is 0 Å². The molecule has 144 valence electrons. The number of halogens is 2. The molecule has 1 aromatic heterocycles. The average Bonchev–Trinajstić information content (AvgIpc) is 3.00. The Morgan fingerprint density at radius 3 is 2.77 bits per heavy atom. The highest BCUT2D eigenvalue weighted by Gasteiger charge is 2.00. The molecular formula is C19H28FIN4S. The molecule has 0 bridgehead atoms. The molecule has 1 aromatic carbocycles. The molecule has 0 radical (unpaired) electrons. The summed E-state index contributed by atoms with van der Waals surface area (Å²) in [6, 6.07) is 6.73. The van der Waals surface area contributed by atoms with Crippen LogP contribution >= 0.6 is 35.3 Å². The summed E-state index contributed by atoms with van der Waals surface area (Å²) in [5, 5.41) is 9.86. The first-order chi connectivity index (χ1) is 12.2. The second kappa shape index (κ2) is 13.0. The van der Waals surface area contributed by atoms with Crippen molar-refractivity contribution in [1.29, 1.82) is 0 Å². The smallest absolute Gasteiger partial charge is 0.191 e. The van der Waals surface area contributed by atoms with Crippen LogP contribution in [0.4, 0.5) is 4.39 Å². The van der Waals surface area contributed by atoms with Crippen molar-refractivity contribution in [3.63, 3.8) is 0 Å². The largest absolute Gasteiger partial charge is 0.357 e. The van der Waals surface area contributed by atoms with Gasteiger partial charge in [-0.25, -0.2) is 9.37 Å². The van der Waals surface area contributed by atoms with Crippen LogP contribution in [0.25, 0.3) is 0 Å². The van der Waals surface area contributed by atoms with Crippen LogP contribution in [0.1, 0.15) is 36.0 Å². The van der Waals surface area contributed by atoms with E-state index in [1.807, 2.05) is 13.0 Å². The Kier molecular flexibility index (Phi) is 11.4. The minimum absolute atomic E-state index is 0. The second-order valence-electron chi connectivity index (χ2n) is 5.91. The molecule has 0 saturated carbocycles. The molecule has 0 fully saturated rings. The zero-order valence-corrected chi connectivity index (χ0v) is 18.6. The summed E-state index contributed by atoms with van der Waals surface area (Å²) in [5.74, 6) is 0.637. The summed E-state index contributed by atoms with van der Waals surface area (Å²) in [5.41, 5.74) is 2.09. The number of hydrogen-bond donors (Lipinski definition) is 2. The van der Waals surface area contributed by atoms with E-state index in [1.54, 1.807) is 23.5 Å². The Balaban J connectivity index is 0.00000338. The van der Waals surface area contributed by atoms with Gasteiger partial charge in [0.15, 0.2) is 5.96 Å². The third-order valence-corrected chi connectivity index (χ3v) is 4.70. The highest BCUT2D eigenvalue weighted by Crippen LogP contribution is 2.11. The topological polar surface area (TPSA) is 49.3 Å². The highest BCUT2D eigenvalue weighted by molar-refractivity contribution is 14.0. The monoisotopic (exact) mass is 490 g/mol. The summed E-state index contributed by atoms with van der Waals surface area (Å²) in [6.45, 7) is 6.43. The Bertz CT molecular complexity index is 675. The summed E-state index contributed by atoms with van der Waals surface area (Å²) in [6.07, 6.45) is 3.93. The van der Waals surface area contributed by atoms with Crippen LogP contribution in [-0.4, -0.2) is 30.6 Å². The van der Waals surface area contributed by atoms with Crippen molar-refractivity contribution in [3.8, 4) is 0 Å². The zero-order valence-electron chi connectivity index (χ0n) is 15.4. The molecule has 0 saturated heterocycles. The molecule has 0 unspecified atom stereocenters. The lowest BCUT2D eigenvalue weighted by Crippen LogP contribution is -2.38. The first-order valence-corrected chi connectivity index (χ1v) is 9.73. The molecule has 4 nitrogen and oxygen atoms in total. The summed E-state index contributed by atoms with van der Waals surface area (Å²) < 4.78 is 13.2. The van der Waals surface area contributed by atoms with Crippen molar-refractivity contribution in [2.75, 3.05) is 19.6 Å². The molecule has 0 aliphatic carbocycles. The summed E-state index contributed by atoms with van der Waals surface area (Å²) in [7, 11) is 0. The number of aryl methyl sites for hydroxylation is 2. The predicted molar refractivity (Wildman–Crippen MR) is 119 cm³/mol. The van der Waals surface area contributed by atoms with Crippen LogP contribution in [0, 0.1) is 12.7 Å². The molecule has 0 atom stereocenters. The SMILES string of the molecule is CCNC(=NCCCCc1nc(C)cs1)NCCc1cccc(F)c1.I. The second-order valence-corrected chi connectivity index (χ2v) is 6.85. The van der Waals surface area contributed by atoms with Crippen LogP contribution in [0.2, 0.25) is 0 Å². The van der Waals surface area contributed by atoms with Gasteiger partial charge < -0.3 is 10.6 Å². The van der Waals surface area contributed by atoms with Crippen molar-refractivity contribution in [3.05, 3.63) is 51.7 Å². The van der Waals surface area contributed by atoms with E-state index in [0.29, 0.717) is 0 Å². The number of benzene rings is 1. The number of rotatable bonds is 9. The highest BCUT2D eigenvalue weighted by atomic mass is 127. The number of nitrogens with one attached hydrogen (secondary N) is 2. The number of thiazole rings is 1. The Hall–Kier alpha value is -1.22. The molecule has 0 aliphatic rings. The maximum absolute atomic E-state index is 13.2. The Morgan fingerprint density at radius 2 is 2.08 bits per heavy atom. The first kappa shape index (κ1) is 22.8. The molecule has 0 spiro atoms. The van der Waals surface area contributed by atoms with Gasteiger partial charge in [-0.15, -0.1) is 35.3 Å². The molecule has 0 amide bonds. The van der Waals surface area contributed by atoms with Crippen molar-refractivity contribution in [1.82, 2.24) is 15.6 Å². The summed E-state index contributed by atoms with van der Waals surface area (Å²) >= 11 is 1.73. The predicted octanol–water partition coefficient (Wildman–Crippen LogP) is 4.33. The van der Waals surface area contributed by atoms with Gasteiger partial charge in [0.25, 0.3) is 0 Å². The lowest BCUT2D eigenvalue weighted by atomic mass is 10.1. The normalized spacial score (nSPS) is 11.1. The first-order valence-electron chi connectivity index (χ1n) is 8.85. The lowest BCUT2D eigenvalue weighted by Gasteiger charge is -2.11. The van der Waals surface area contributed by atoms with Crippen molar-refractivity contribution in [2.24, 2.45) is 4.99 Å². The number of unbranched alkanes of at least 4 members (excludes halogenated alkanes) is 1. The van der Waals surface area contributed by atoms with E-state index >= 15 is 0 Å². The van der Waals surface area contributed by atoms with E-state index < -0.39 is 0 Å². The van der Waals surface area contributed by atoms with Gasteiger partial charge in [0, 0.05) is 30.7 Å². The maximum Gasteiger partial charge on any atom is 0.191 e. The molecule has 0 aliphatic heterocycles. The van der Waals surface area contributed by atoms with Gasteiger partial charge in [-0.2, -0.15) is 0 Å². The Morgan fingerprint density at radius 1 is 1.23 bits per heavy atom. The fourth-order valence-corrected chi connectivity index (χ4v) is 3.27. The fraction of sp³-hybridized carbons (Fsp3) is 0.474. The van der Waals surface area contributed by atoms with Gasteiger partial charge in [-0.1, -0.05) is 12.1 Å². The van der Waals surface area contributed by atoms with E-state index in [4.69, 9.17) is 0 Å². The lowest BCUT2D eigenvalue weighted by molar-refractivity contribution is 0.625. The van der Waals surface area contributed by atoms with E-state index in [0.717, 1.165) is 62.5 Å². The minimum atomic E-state index is -0.187. The van der Waals surface area contributed by atoms with Gasteiger partial charge in [0.2, 0.25) is 0 Å². The van der Waals surface area contributed by atoms with Crippen LogP contribution in [0.15, 0.2) is 34.6 Å². The van der Waals surface area contributed by atoms with Crippen LogP contribution < -0.4 is 10.6 Å². The number of aliphatic imine (C=N–C) groups is 1. The average molecular weight is 490 g/mol. The van der Waals surface area contributed by atoms with Gasteiger partial charge in [0.05, 0.1) is 5.01 Å². The van der Waals surface area contributed by atoms with Gasteiger partial charge in [0.1, 0.15) is 5.82 Å². The van der Waals surface area contributed by atoms with Crippen molar-refractivity contribution in [2.45, 2.75) is 39.5 Å². The standard InChI is InChI=1S/C19H27FN4S.HI/c1-3-21-19(23-12-10-16-7-6-8-17(20)13-16)22-11-5-4-9-18-24-15(2)14-25-18;/h6-8,13-14H,3-5,9-12H2,1-2H3,(H2,21,22,23);1H. The third kappa shape index (κ3) is 8.93. The van der Waals surface area contributed by atoms with Gasteiger partial charge in [-0.05, 0) is 57.2 Å². The van der Waals surface area contributed by atoms with E-state index in [1.165, 1.54) is 11.1 Å². The minimum Gasteiger partial charge on any atom is -0.357 e. The molecule has 26 heavy (non-hydrogen) atoms. The number of aromatic nitrogens is 1. The summed E-state index contributed by atoms with van der Waals surface area (Å²) in [4.78, 5) is 9.08. The molecule has 2 N–H and O–H groups in total. The van der Waals surface area contributed by atoms with E-state index in [2.05, 4.69) is 32.9 Å². The Labute approximate surface area is 176 Å². The number of nitrogens with zero attached hydrogens (tertiary/aromatic N) is 2. The van der Waals surface area contributed by atoms with Crippen molar-refractivity contribution < 1.29 is 4.39 Å². The molecule has 2 aromatic rings. The fourth-order valence-electron chi connectivity index (χ4n) is 2.46. The van der Waals surface area contributed by atoms with Crippen LogP contribution in [0.3, 0.4) is 0 Å². The number of hydrogen-bond acceptors (Lipinski definition) is 3. The zero-order chi connectivity index (χ0) is 17.9. The van der Waals surface area contributed by atoms with E-state index in [-0.39, 0.29) is 29.8 Å². The molecular weight excluding hydrogens is 462 g/mol.